The van der Waals surface area contributed by atoms with Gasteiger partial charge >= 0.3 is 66.8 Å². The van der Waals surface area contributed by atoms with Crippen molar-refractivity contribution in [2.75, 3.05) is 0 Å². The zero-order chi connectivity index (χ0) is 6.95. The van der Waals surface area contributed by atoms with Crippen molar-refractivity contribution in [2.24, 2.45) is 0 Å². The molecule has 0 amide bonds. The normalized spacial score (nSPS) is 9.00. The average Bonchev–Trinajstić information content (AvgIpc) is 1.89. The van der Waals surface area contributed by atoms with Gasteiger partial charge in [-0.2, -0.15) is 0 Å². The minimum Gasteiger partial charge on any atom is 0 e. The second kappa shape index (κ2) is 12.7. The van der Waals surface area contributed by atoms with E-state index < -0.39 is 0 Å². The number of hydrogen-bond donors (Lipinski definition) is 0. The summed E-state index contributed by atoms with van der Waals surface area (Å²) < 4.78 is 0. The summed E-state index contributed by atoms with van der Waals surface area (Å²) in [5.41, 5.74) is 0. The maximum Gasteiger partial charge on any atom is 0 e. The van der Waals surface area contributed by atoms with Crippen molar-refractivity contribution in [3.63, 3.8) is 0 Å². The van der Waals surface area contributed by atoms with Crippen LogP contribution < -0.4 is 0 Å². The standard InChI is InChI=1S/C8H18Se.Mn/c1-2-3-4-5-6-7-8-9;/h9H,2-8H2,1H3;. The monoisotopic (exact) mass is 249 g/mol. The molecule has 0 aromatic heterocycles. The van der Waals surface area contributed by atoms with Gasteiger partial charge in [0.2, 0.25) is 0 Å². The molecule has 2 heteroatoms. The van der Waals surface area contributed by atoms with Crippen molar-refractivity contribution in [3.8, 4) is 0 Å². The summed E-state index contributed by atoms with van der Waals surface area (Å²) in [7, 11) is 0. The Morgan fingerprint density at radius 2 is 1.40 bits per heavy atom. The van der Waals surface area contributed by atoms with Gasteiger partial charge in [0.1, 0.15) is 0 Å². The van der Waals surface area contributed by atoms with Gasteiger partial charge < -0.3 is 0 Å². The maximum atomic E-state index is 2.65. The van der Waals surface area contributed by atoms with Gasteiger partial charge in [-0.1, -0.05) is 0 Å². The van der Waals surface area contributed by atoms with Crippen LogP contribution >= 0.6 is 0 Å². The van der Waals surface area contributed by atoms with Crippen LogP contribution in [0.3, 0.4) is 0 Å². The van der Waals surface area contributed by atoms with Crippen molar-refractivity contribution in [1.82, 2.24) is 0 Å². The molecule has 0 nitrogen and oxygen atoms in total. The zero-order valence-corrected chi connectivity index (χ0v) is 9.83. The molecular formula is C8H18MnSe. The molecule has 0 unspecified atom stereocenters. The van der Waals surface area contributed by atoms with Crippen molar-refractivity contribution >= 4 is 16.0 Å². The van der Waals surface area contributed by atoms with Gasteiger partial charge in [0, 0.05) is 17.1 Å². The molecule has 0 aliphatic rings. The van der Waals surface area contributed by atoms with E-state index in [1.807, 2.05) is 0 Å². The SMILES string of the molecule is CCCCCCCC[SeH].[Mn]. The van der Waals surface area contributed by atoms with E-state index in [1.165, 1.54) is 43.8 Å². The van der Waals surface area contributed by atoms with Crippen molar-refractivity contribution in [3.05, 3.63) is 0 Å². The van der Waals surface area contributed by atoms with E-state index in [1.54, 1.807) is 0 Å². The Labute approximate surface area is 83.8 Å². The number of hydrogen-bond acceptors (Lipinski definition) is 0. The van der Waals surface area contributed by atoms with Crippen molar-refractivity contribution in [1.29, 1.82) is 0 Å². The predicted molar refractivity (Wildman–Crippen MR) is 45.3 cm³/mol. The molecule has 0 aliphatic carbocycles. The fraction of sp³-hybridized carbons (Fsp3) is 1.00. The summed E-state index contributed by atoms with van der Waals surface area (Å²) in [5, 5.41) is 1.30. The molecule has 0 aromatic carbocycles. The summed E-state index contributed by atoms with van der Waals surface area (Å²) in [5.74, 6) is 0. The maximum absolute atomic E-state index is 2.65. The van der Waals surface area contributed by atoms with Gasteiger partial charge in [-0.3, -0.25) is 0 Å². The van der Waals surface area contributed by atoms with Crippen LogP contribution in [0.5, 0.6) is 0 Å². The molecule has 0 fully saturated rings. The van der Waals surface area contributed by atoms with Crippen LogP contribution in [-0.4, -0.2) is 16.0 Å². The van der Waals surface area contributed by atoms with Crippen molar-refractivity contribution in [2.45, 2.75) is 50.8 Å². The quantitative estimate of drug-likeness (QED) is 0.500. The van der Waals surface area contributed by atoms with E-state index in [2.05, 4.69) is 22.9 Å². The van der Waals surface area contributed by atoms with Crippen molar-refractivity contribution < 1.29 is 17.1 Å². The first-order chi connectivity index (χ1) is 4.41. The van der Waals surface area contributed by atoms with E-state index >= 15 is 0 Å². The van der Waals surface area contributed by atoms with E-state index in [-0.39, 0.29) is 17.1 Å². The second-order valence-corrected chi connectivity index (χ2v) is 3.43. The molecule has 0 atom stereocenters. The van der Waals surface area contributed by atoms with E-state index in [4.69, 9.17) is 0 Å². The third-order valence-electron chi connectivity index (χ3n) is 1.51. The van der Waals surface area contributed by atoms with Crippen LogP contribution in [0.1, 0.15) is 45.4 Å². The molecule has 0 aromatic rings. The Bertz CT molecular complexity index is 42.5. The minimum absolute atomic E-state index is 0. The van der Waals surface area contributed by atoms with E-state index in [0.29, 0.717) is 0 Å². The molecule has 0 bridgehead atoms. The first-order valence-electron chi connectivity index (χ1n) is 4.02. The van der Waals surface area contributed by atoms with Crippen LogP contribution in [-0.2, 0) is 17.1 Å². The van der Waals surface area contributed by atoms with Gasteiger partial charge in [0.05, 0.1) is 0 Å². The topological polar surface area (TPSA) is 0 Å². The Kier molecular flexibility index (Phi) is 17.3. The summed E-state index contributed by atoms with van der Waals surface area (Å²) in [6.07, 6.45) is 8.54. The zero-order valence-electron chi connectivity index (χ0n) is 6.77. The molecule has 0 spiro atoms. The Hall–Kier alpha value is 1.04. The average molecular weight is 248 g/mol. The summed E-state index contributed by atoms with van der Waals surface area (Å²) in [6.45, 7) is 2.26. The summed E-state index contributed by atoms with van der Waals surface area (Å²) >= 11 is 2.65. The largest absolute Gasteiger partial charge is 0 e. The van der Waals surface area contributed by atoms with E-state index in [0.717, 1.165) is 0 Å². The Balaban J connectivity index is 0. The molecule has 1 radical (unpaired) electrons. The van der Waals surface area contributed by atoms with Crippen LogP contribution in [0, 0.1) is 0 Å². The molecule has 0 rings (SSSR count). The van der Waals surface area contributed by atoms with Gasteiger partial charge in [-0.15, -0.1) is 0 Å². The van der Waals surface area contributed by atoms with Crippen LogP contribution in [0.2, 0.25) is 5.32 Å². The van der Waals surface area contributed by atoms with Crippen LogP contribution in [0.4, 0.5) is 0 Å². The molecule has 0 heterocycles. The fourth-order valence-corrected chi connectivity index (χ4v) is 1.36. The predicted octanol–water partition coefficient (Wildman–Crippen LogP) is 2.66. The molecule has 0 saturated carbocycles. The van der Waals surface area contributed by atoms with Gasteiger partial charge in [-0.05, 0) is 0 Å². The summed E-state index contributed by atoms with van der Waals surface area (Å²) in [6, 6.07) is 0. The number of rotatable bonds is 6. The van der Waals surface area contributed by atoms with Gasteiger partial charge in [0.25, 0.3) is 0 Å². The fourth-order valence-electron chi connectivity index (χ4n) is 0.892. The molecule has 10 heavy (non-hydrogen) atoms. The first kappa shape index (κ1) is 13.6. The number of unbranched alkanes of at least 4 members (excludes halogenated alkanes) is 5. The molecule has 0 N–H and O–H groups in total. The third kappa shape index (κ3) is 11.8. The molecule has 63 valence electrons. The molecule has 0 aliphatic heterocycles. The Morgan fingerprint density at radius 3 is 1.90 bits per heavy atom. The molecular weight excluding hydrogens is 230 g/mol. The van der Waals surface area contributed by atoms with E-state index in [9.17, 15) is 0 Å². The van der Waals surface area contributed by atoms with Crippen LogP contribution in [0.15, 0.2) is 0 Å². The third-order valence-corrected chi connectivity index (χ3v) is 2.18. The summed E-state index contributed by atoms with van der Waals surface area (Å²) in [4.78, 5) is 0. The second-order valence-electron chi connectivity index (χ2n) is 2.49. The Morgan fingerprint density at radius 1 is 0.900 bits per heavy atom. The smallest absolute Gasteiger partial charge is 0 e. The first-order valence-corrected chi connectivity index (χ1v) is 5.35. The van der Waals surface area contributed by atoms with Gasteiger partial charge in [0.15, 0.2) is 0 Å². The molecule has 0 saturated heterocycles. The van der Waals surface area contributed by atoms with Gasteiger partial charge in [-0.25, -0.2) is 0 Å². The minimum atomic E-state index is 0. The van der Waals surface area contributed by atoms with Crippen LogP contribution in [0.25, 0.3) is 0 Å².